The van der Waals surface area contributed by atoms with Crippen LogP contribution in [0.1, 0.15) is 34.8 Å². The average Bonchev–Trinajstić information content (AvgIpc) is 3.23. The highest BCUT2D eigenvalue weighted by atomic mass is 35.5. The standard InChI is InChI=1S/C29H25ClN4O2/c1-18-10-11-24-21(16-18)22(17-26(31-24)20-6-2-3-7-23(20)30)28(35)33-14-12-19(13-15-33)34-27-9-5-4-8-25(27)32-29(34)36/h2-11,16-17,19H,12-15H2,1H3,(H,32,36). The monoisotopic (exact) mass is 496 g/mol. The Morgan fingerprint density at radius 1 is 1.00 bits per heavy atom. The Hall–Kier alpha value is -3.90. The molecule has 5 aromatic rings. The van der Waals surface area contributed by atoms with Crippen molar-refractivity contribution in [2.24, 2.45) is 0 Å². The van der Waals surface area contributed by atoms with E-state index >= 15 is 0 Å². The number of halogens is 1. The number of hydrogen-bond donors (Lipinski definition) is 1. The van der Waals surface area contributed by atoms with Gasteiger partial charge >= 0.3 is 5.69 Å². The van der Waals surface area contributed by atoms with Crippen molar-refractivity contribution in [1.29, 1.82) is 0 Å². The molecule has 1 saturated heterocycles. The molecule has 1 N–H and O–H groups in total. The largest absolute Gasteiger partial charge is 0.338 e. The van der Waals surface area contributed by atoms with Gasteiger partial charge in [-0.3, -0.25) is 9.36 Å². The molecule has 1 aliphatic heterocycles. The number of nitrogens with zero attached hydrogens (tertiary/aromatic N) is 3. The Kier molecular flexibility index (Phi) is 5.61. The minimum Gasteiger partial charge on any atom is -0.338 e. The third-order valence-electron chi connectivity index (χ3n) is 7.09. The number of aromatic amines is 1. The molecule has 3 heterocycles. The first-order valence-electron chi connectivity index (χ1n) is 12.1. The van der Waals surface area contributed by atoms with Crippen molar-refractivity contribution in [3.8, 4) is 11.3 Å². The molecule has 180 valence electrons. The normalized spacial score (nSPS) is 14.6. The van der Waals surface area contributed by atoms with E-state index in [-0.39, 0.29) is 17.6 Å². The number of piperidine rings is 1. The van der Waals surface area contributed by atoms with E-state index in [1.54, 1.807) is 0 Å². The Balaban J connectivity index is 1.33. The van der Waals surface area contributed by atoms with Gasteiger partial charge in [-0.1, -0.05) is 53.6 Å². The van der Waals surface area contributed by atoms with Crippen LogP contribution in [0.15, 0.2) is 77.6 Å². The number of H-pyrrole nitrogens is 1. The van der Waals surface area contributed by atoms with Crippen LogP contribution in [-0.2, 0) is 0 Å². The number of imidazole rings is 1. The first-order chi connectivity index (χ1) is 17.5. The Bertz CT molecular complexity index is 1680. The fraction of sp³-hybridized carbons (Fsp3) is 0.207. The van der Waals surface area contributed by atoms with Gasteiger partial charge in [-0.15, -0.1) is 0 Å². The fourth-order valence-electron chi connectivity index (χ4n) is 5.26. The number of fused-ring (bicyclic) bond motifs is 2. The summed E-state index contributed by atoms with van der Waals surface area (Å²) in [5.74, 6) is -0.0222. The predicted octanol–water partition coefficient (Wildman–Crippen LogP) is 5.98. The molecule has 1 fully saturated rings. The molecule has 0 atom stereocenters. The van der Waals surface area contributed by atoms with Crippen LogP contribution in [0, 0.1) is 6.92 Å². The number of hydrogen-bond acceptors (Lipinski definition) is 3. The van der Waals surface area contributed by atoms with Gasteiger partial charge in [0.05, 0.1) is 27.8 Å². The van der Waals surface area contributed by atoms with E-state index < -0.39 is 0 Å². The van der Waals surface area contributed by atoms with Crippen LogP contribution in [0.3, 0.4) is 0 Å². The van der Waals surface area contributed by atoms with Gasteiger partial charge in [-0.25, -0.2) is 9.78 Å². The molecule has 0 aliphatic carbocycles. The maximum absolute atomic E-state index is 13.9. The summed E-state index contributed by atoms with van der Waals surface area (Å²) in [7, 11) is 0. The van der Waals surface area contributed by atoms with Gasteiger partial charge < -0.3 is 9.88 Å². The second kappa shape index (κ2) is 8.95. The Labute approximate surface area is 213 Å². The fourth-order valence-corrected chi connectivity index (χ4v) is 5.49. The van der Waals surface area contributed by atoms with Crippen molar-refractivity contribution in [1.82, 2.24) is 19.4 Å². The summed E-state index contributed by atoms with van der Waals surface area (Å²) in [5.41, 5.74) is 5.60. The lowest BCUT2D eigenvalue weighted by molar-refractivity contribution is 0.0697. The number of amides is 1. The van der Waals surface area contributed by atoms with Gasteiger partial charge in [0.1, 0.15) is 0 Å². The summed E-state index contributed by atoms with van der Waals surface area (Å²) < 4.78 is 1.85. The van der Waals surface area contributed by atoms with Gasteiger partial charge in [0.15, 0.2) is 0 Å². The van der Waals surface area contributed by atoms with Gasteiger partial charge in [0.25, 0.3) is 5.91 Å². The van der Waals surface area contributed by atoms with Crippen molar-refractivity contribution in [3.63, 3.8) is 0 Å². The SMILES string of the molecule is Cc1ccc2nc(-c3ccccc3Cl)cc(C(=O)N3CCC(n4c(=O)[nH]c5ccccc54)CC3)c2c1. The molecule has 0 unspecified atom stereocenters. The van der Waals surface area contributed by atoms with Gasteiger partial charge in [-0.05, 0) is 56.2 Å². The van der Waals surface area contributed by atoms with Crippen LogP contribution in [0.4, 0.5) is 0 Å². The highest BCUT2D eigenvalue weighted by molar-refractivity contribution is 6.33. The Morgan fingerprint density at radius 3 is 2.56 bits per heavy atom. The second-order valence-corrected chi connectivity index (χ2v) is 9.80. The molecule has 1 amide bonds. The highest BCUT2D eigenvalue weighted by Crippen LogP contribution is 2.32. The van der Waals surface area contributed by atoms with Crippen molar-refractivity contribution in [2.75, 3.05) is 13.1 Å². The third-order valence-corrected chi connectivity index (χ3v) is 7.41. The van der Waals surface area contributed by atoms with Crippen LogP contribution in [0.2, 0.25) is 5.02 Å². The van der Waals surface area contributed by atoms with E-state index in [1.165, 1.54) is 0 Å². The maximum Gasteiger partial charge on any atom is 0.326 e. The minimum absolute atomic E-state index is 0.0222. The summed E-state index contributed by atoms with van der Waals surface area (Å²) >= 11 is 6.47. The highest BCUT2D eigenvalue weighted by Gasteiger charge is 2.28. The molecule has 0 spiro atoms. The molecule has 1 aliphatic rings. The maximum atomic E-state index is 13.9. The van der Waals surface area contributed by atoms with Crippen LogP contribution < -0.4 is 5.69 Å². The van der Waals surface area contributed by atoms with Gasteiger partial charge in [0.2, 0.25) is 0 Å². The smallest absolute Gasteiger partial charge is 0.326 e. The predicted molar refractivity (Wildman–Crippen MR) is 144 cm³/mol. The number of likely N-dealkylation sites (tertiary alicyclic amines) is 1. The first kappa shape index (κ1) is 22.6. The molecule has 0 saturated carbocycles. The lowest BCUT2D eigenvalue weighted by Crippen LogP contribution is -2.40. The molecule has 0 radical (unpaired) electrons. The topological polar surface area (TPSA) is 71.0 Å². The number of carbonyl (C=O) groups excluding carboxylic acids is 1. The van der Waals surface area contributed by atoms with Crippen molar-refractivity contribution in [2.45, 2.75) is 25.8 Å². The van der Waals surface area contributed by atoms with Crippen LogP contribution in [0.5, 0.6) is 0 Å². The third kappa shape index (κ3) is 3.88. The van der Waals surface area contributed by atoms with Gasteiger partial charge in [-0.2, -0.15) is 0 Å². The minimum atomic E-state index is -0.0963. The number of aryl methyl sites for hydroxylation is 1. The number of aromatic nitrogens is 3. The molecule has 2 aromatic heterocycles. The van der Waals surface area contributed by atoms with Gasteiger partial charge in [0, 0.05) is 35.1 Å². The summed E-state index contributed by atoms with van der Waals surface area (Å²) in [5, 5.41) is 1.44. The number of carbonyl (C=O) groups is 1. The number of para-hydroxylation sites is 2. The molecule has 3 aromatic carbocycles. The van der Waals surface area contributed by atoms with Crippen LogP contribution in [0.25, 0.3) is 33.2 Å². The van der Waals surface area contributed by atoms with Crippen molar-refractivity contribution < 1.29 is 4.79 Å². The summed E-state index contributed by atoms with van der Waals surface area (Å²) in [6.45, 7) is 3.17. The molecule has 6 nitrogen and oxygen atoms in total. The lowest BCUT2D eigenvalue weighted by Gasteiger charge is -2.33. The zero-order valence-corrected chi connectivity index (χ0v) is 20.6. The zero-order chi connectivity index (χ0) is 24.8. The number of rotatable bonds is 3. The number of pyridine rings is 1. The molecule has 0 bridgehead atoms. The Morgan fingerprint density at radius 2 is 1.75 bits per heavy atom. The van der Waals surface area contributed by atoms with E-state index in [2.05, 4.69) is 4.98 Å². The molecule has 7 heteroatoms. The summed E-state index contributed by atoms with van der Waals surface area (Å²) in [4.78, 5) is 36.2. The lowest BCUT2D eigenvalue weighted by atomic mass is 9.99. The molecular formula is C29H25ClN4O2. The van der Waals surface area contributed by atoms with E-state index in [0.29, 0.717) is 42.2 Å². The van der Waals surface area contributed by atoms with E-state index in [4.69, 9.17) is 16.6 Å². The van der Waals surface area contributed by atoms with Crippen molar-refractivity contribution in [3.05, 3.63) is 99.4 Å². The summed E-state index contributed by atoms with van der Waals surface area (Å²) in [6.07, 6.45) is 1.43. The summed E-state index contributed by atoms with van der Waals surface area (Å²) in [6, 6.07) is 23.2. The number of benzene rings is 3. The van der Waals surface area contributed by atoms with Crippen LogP contribution in [-0.4, -0.2) is 38.4 Å². The molecular weight excluding hydrogens is 472 g/mol. The zero-order valence-electron chi connectivity index (χ0n) is 19.9. The second-order valence-electron chi connectivity index (χ2n) is 9.40. The first-order valence-corrected chi connectivity index (χ1v) is 12.5. The average molecular weight is 497 g/mol. The molecule has 6 rings (SSSR count). The quantitative estimate of drug-likeness (QED) is 0.334. The van der Waals surface area contributed by atoms with Crippen LogP contribution >= 0.6 is 11.6 Å². The van der Waals surface area contributed by atoms with E-state index in [1.807, 2.05) is 89.2 Å². The molecule has 36 heavy (non-hydrogen) atoms. The van der Waals surface area contributed by atoms with E-state index in [0.717, 1.165) is 33.1 Å². The van der Waals surface area contributed by atoms with Crippen molar-refractivity contribution >= 4 is 39.4 Å². The number of nitrogens with one attached hydrogen (secondary N) is 1. The van der Waals surface area contributed by atoms with E-state index in [9.17, 15) is 9.59 Å².